The van der Waals surface area contributed by atoms with E-state index in [1.165, 1.54) is 23.1 Å². The van der Waals surface area contributed by atoms with Gasteiger partial charge in [0.25, 0.3) is 5.91 Å². The number of nitrogens with one attached hydrogen (secondary N) is 1. The molecule has 0 saturated carbocycles. The molecule has 2 aromatic rings. The number of urea groups is 1. The molecule has 2 aliphatic rings. The van der Waals surface area contributed by atoms with Gasteiger partial charge in [-0.05, 0) is 35.9 Å². The third-order valence-corrected chi connectivity index (χ3v) is 6.96. The number of aliphatic hydroxyl groups excluding tert-OH is 1. The Morgan fingerprint density at radius 3 is 2.46 bits per heavy atom. The number of hydrogen-bond acceptors (Lipinski definition) is 6. The molecule has 0 aromatic heterocycles. The number of amides is 4. The van der Waals surface area contributed by atoms with Crippen LogP contribution < -0.4 is 10.2 Å². The summed E-state index contributed by atoms with van der Waals surface area (Å²) in [6.07, 6.45) is 0. The van der Waals surface area contributed by atoms with Crippen molar-refractivity contribution in [2.45, 2.75) is 11.5 Å². The van der Waals surface area contributed by atoms with Gasteiger partial charge in [0.15, 0.2) is 0 Å². The molecule has 2 heterocycles. The predicted molar refractivity (Wildman–Crippen MR) is 130 cm³/mol. The number of likely N-dealkylation sites (N-methyl/N-ethyl adjacent to an activating group) is 1. The molecule has 0 radical (unpaired) electrons. The minimum Gasteiger partial charge on any atom is -0.395 e. The molecular formula is C24H23Cl2N5O4. The SMILES string of the molecule is CN1C(=O)N(c2cc(Cl)cc(Cl)c2)C(=O)[C@]12CN(C(=O)CNCCO)C[C@H]2c1ccc(C#N)cc1. The third-order valence-electron chi connectivity index (χ3n) is 6.53. The molecular weight excluding hydrogens is 493 g/mol. The second kappa shape index (κ2) is 9.84. The number of aliphatic hydroxyl groups is 1. The summed E-state index contributed by atoms with van der Waals surface area (Å²) in [6, 6.07) is 12.8. The lowest BCUT2D eigenvalue weighted by Crippen LogP contribution is -2.54. The quantitative estimate of drug-likeness (QED) is 0.449. The highest BCUT2D eigenvalue weighted by Crippen LogP contribution is 2.46. The topological polar surface area (TPSA) is 117 Å². The van der Waals surface area contributed by atoms with E-state index in [9.17, 15) is 19.6 Å². The first-order valence-corrected chi connectivity index (χ1v) is 11.7. The van der Waals surface area contributed by atoms with Gasteiger partial charge in [0.1, 0.15) is 5.54 Å². The van der Waals surface area contributed by atoms with Crippen molar-refractivity contribution in [3.63, 3.8) is 0 Å². The molecule has 11 heteroatoms. The fourth-order valence-electron chi connectivity index (χ4n) is 4.78. The molecule has 2 saturated heterocycles. The highest BCUT2D eigenvalue weighted by molar-refractivity contribution is 6.35. The minimum absolute atomic E-state index is 0.0107. The number of imide groups is 1. The first-order valence-electron chi connectivity index (χ1n) is 10.9. The highest BCUT2D eigenvalue weighted by atomic mass is 35.5. The Hall–Kier alpha value is -3.16. The molecule has 2 aliphatic heterocycles. The van der Waals surface area contributed by atoms with Crippen LogP contribution in [0.15, 0.2) is 42.5 Å². The largest absolute Gasteiger partial charge is 0.395 e. The molecule has 2 atom stereocenters. The number of carbonyl (C=O) groups is 3. The van der Waals surface area contributed by atoms with Crippen LogP contribution in [0.3, 0.4) is 0 Å². The Morgan fingerprint density at radius 1 is 1.20 bits per heavy atom. The van der Waals surface area contributed by atoms with Crippen molar-refractivity contribution in [2.75, 3.05) is 44.7 Å². The van der Waals surface area contributed by atoms with E-state index in [2.05, 4.69) is 11.4 Å². The summed E-state index contributed by atoms with van der Waals surface area (Å²) in [6.45, 7) is 0.306. The summed E-state index contributed by atoms with van der Waals surface area (Å²) < 4.78 is 0. The number of carbonyl (C=O) groups excluding carboxylic acids is 3. The molecule has 0 unspecified atom stereocenters. The van der Waals surface area contributed by atoms with Crippen LogP contribution in [-0.2, 0) is 9.59 Å². The Morgan fingerprint density at radius 2 is 1.86 bits per heavy atom. The van der Waals surface area contributed by atoms with E-state index >= 15 is 0 Å². The average Bonchev–Trinajstić information content (AvgIpc) is 3.32. The minimum atomic E-state index is -1.37. The average molecular weight is 516 g/mol. The Bertz CT molecular complexity index is 1200. The van der Waals surface area contributed by atoms with Crippen LogP contribution in [0.25, 0.3) is 0 Å². The molecule has 2 N–H and O–H groups in total. The van der Waals surface area contributed by atoms with Gasteiger partial charge in [-0.1, -0.05) is 35.3 Å². The van der Waals surface area contributed by atoms with Crippen LogP contribution in [-0.4, -0.2) is 78.1 Å². The second-order valence-corrected chi connectivity index (χ2v) is 9.37. The maximum Gasteiger partial charge on any atom is 0.332 e. The second-order valence-electron chi connectivity index (χ2n) is 8.50. The number of anilines is 1. The summed E-state index contributed by atoms with van der Waals surface area (Å²) in [5.41, 5.74) is 0.0576. The van der Waals surface area contributed by atoms with Gasteiger partial charge in [-0.2, -0.15) is 5.26 Å². The number of nitriles is 1. The fourth-order valence-corrected chi connectivity index (χ4v) is 5.30. The summed E-state index contributed by atoms with van der Waals surface area (Å²) in [5, 5.41) is 21.6. The van der Waals surface area contributed by atoms with Crippen molar-refractivity contribution < 1.29 is 19.5 Å². The van der Waals surface area contributed by atoms with E-state index in [-0.39, 0.29) is 54.4 Å². The summed E-state index contributed by atoms with van der Waals surface area (Å²) in [5.74, 6) is -1.29. The molecule has 4 amide bonds. The van der Waals surface area contributed by atoms with Gasteiger partial charge in [0.05, 0.1) is 37.0 Å². The summed E-state index contributed by atoms with van der Waals surface area (Å²) >= 11 is 12.3. The van der Waals surface area contributed by atoms with Gasteiger partial charge in [-0.15, -0.1) is 0 Å². The van der Waals surface area contributed by atoms with Crippen LogP contribution in [0.2, 0.25) is 10.0 Å². The van der Waals surface area contributed by atoms with Crippen LogP contribution in [0.1, 0.15) is 17.0 Å². The van der Waals surface area contributed by atoms with E-state index < -0.39 is 23.4 Å². The van der Waals surface area contributed by atoms with E-state index in [4.69, 9.17) is 28.3 Å². The lowest BCUT2D eigenvalue weighted by atomic mass is 9.80. The molecule has 1 spiro atoms. The van der Waals surface area contributed by atoms with Crippen LogP contribution in [0.5, 0.6) is 0 Å². The van der Waals surface area contributed by atoms with E-state index in [1.54, 1.807) is 36.2 Å². The first-order chi connectivity index (χ1) is 16.7. The molecule has 9 nitrogen and oxygen atoms in total. The zero-order valence-corrected chi connectivity index (χ0v) is 20.4. The maximum atomic E-state index is 14.0. The van der Waals surface area contributed by atoms with Gasteiger partial charge < -0.3 is 20.2 Å². The smallest absolute Gasteiger partial charge is 0.332 e. The number of benzene rings is 2. The molecule has 0 bridgehead atoms. The van der Waals surface area contributed by atoms with Crippen LogP contribution in [0, 0.1) is 11.3 Å². The van der Waals surface area contributed by atoms with Crippen molar-refractivity contribution in [3.05, 3.63) is 63.6 Å². The standard InChI is InChI=1S/C24H23Cl2N5O4/c1-29-23(35)31(19-9-17(25)8-18(26)10-19)22(34)24(29)14-30(21(33)12-28-6-7-32)13-20(24)16-4-2-15(11-27)3-5-16/h2-5,8-10,20,28,32H,6-7,12-14H2,1H3/t20-,24+/m0/s1. The predicted octanol–water partition coefficient (Wildman–Crippen LogP) is 2.21. The van der Waals surface area contributed by atoms with Crippen LogP contribution in [0.4, 0.5) is 10.5 Å². The zero-order valence-electron chi connectivity index (χ0n) is 18.9. The van der Waals surface area contributed by atoms with Crippen molar-refractivity contribution in [3.8, 4) is 6.07 Å². The first kappa shape index (κ1) is 24.9. The van der Waals surface area contributed by atoms with Gasteiger partial charge >= 0.3 is 6.03 Å². The van der Waals surface area contributed by atoms with Gasteiger partial charge in [-0.3, -0.25) is 9.59 Å². The number of rotatable bonds is 6. The Kier molecular flexibility index (Phi) is 7.01. The van der Waals surface area contributed by atoms with Crippen molar-refractivity contribution in [1.29, 1.82) is 5.26 Å². The van der Waals surface area contributed by atoms with Crippen molar-refractivity contribution in [2.24, 2.45) is 0 Å². The highest BCUT2D eigenvalue weighted by Gasteiger charge is 2.64. The van der Waals surface area contributed by atoms with Gasteiger partial charge in [0.2, 0.25) is 5.91 Å². The Balaban J connectivity index is 1.77. The van der Waals surface area contributed by atoms with Crippen LogP contribution >= 0.6 is 23.2 Å². The molecule has 4 rings (SSSR count). The lowest BCUT2D eigenvalue weighted by Gasteiger charge is -2.33. The molecule has 2 fully saturated rings. The zero-order chi connectivity index (χ0) is 25.3. The Labute approximate surface area is 212 Å². The number of nitrogens with zero attached hydrogens (tertiary/aromatic N) is 4. The van der Waals surface area contributed by atoms with Crippen molar-refractivity contribution >= 4 is 46.7 Å². The molecule has 0 aliphatic carbocycles. The molecule has 182 valence electrons. The normalized spacial score (nSPS) is 21.8. The van der Waals surface area contributed by atoms with E-state index in [0.29, 0.717) is 5.56 Å². The van der Waals surface area contributed by atoms with Crippen molar-refractivity contribution in [1.82, 2.24) is 15.1 Å². The third kappa shape index (κ3) is 4.34. The monoisotopic (exact) mass is 515 g/mol. The lowest BCUT2D eigenvalue weighted by molar-refractivity contribution is -0.130. The van der Waals surface area contributed by atoms with Gasteiger partial charge in [0, 0.05) is 36.1 Å². The summed E-state index contributed by atoms with van der Waals surface area (Å²) in [7, 11) is 1.54. The molecule has 35 heavy (non-hydrogen) atoms. The number of halogens is 2. The number of likely N-dealkylation sites (tertiary alicyclic amines) is 1. The maximum absolute atomic E-state index is 14.0. The summed E-state index contributed by atoms with van der Waals surface area (Å²) in [4.78, 5) is 44.4. The fraction of sp³-hybridized carbons (Fsp3) is 0.333. The molecule has 2 aromatic carbocycles. The number of hydrogen-bond donors (Lipinski definition) is 2. The van der Waals surface area contributed by atoms with E-state index in [1.807, 2.05) is 0 Å². The van der Waals surface area contributed by atoms with E-state index in [0.717, 1.165) is 10.5 Å². The van der Waals surface area contributed by atoms with Gasteiger partial charge in [-0.25, -0.2) is 9.69 Å².